The summed E-state index contributed by atoms with van der Waals surface area (Å²) in [5, 5.41) is 4.39. The van der Waals surface area contributed by atoms with Crippen LogP contribution in [0.2, 0.25) is 0 Å². The van der Waals surface area contributed by atoms with E-state index in [2.05, 4.69) is 5.10 Å². The molecule has 0 radical (unpaired) electrons. The van der Waals surface area contributed by atoms with Crippen LogP contribution in [0.25, 0.3) is 0 Å². The van der Waals surface area contributed by atoms with Gasteiger partial charge < -0.3 is 9.47 Å². The van der Waals surface area contributed by atoms with E-state index in [-0.39, 0.29) is 18.0 Å². The molecule has 0 aliphatic carbocycles. The van der Waals surface area contributed by atoms with Crippen molar-refractivity contribution < 1.29 is 19.1 Å². The van der Waals surface area contributed by atoms with Crippen molar-refractivity contribution in [3.8, 4) is 0 Å². The van der Waals surface area contributed by atoms with Gasteiger partial charge in [-0.2, -0.15) is 5.10 Å². The molecule has 0 saturated heterocycles. The molecule has 1 aromatic heterocycles. The average Bonchev–Trinajstić information content (AvgIpc) is 3.03. The first kappa shape index (κ1) is 19.4. The van der Waals surface area contributed by atoms with E-state index in [4.69, 9.17) is 9.47 Å². The van der Waals surface area contributed by atoms with Crippen molar-refractivity contribution in [1.29, 1.82) is 0 Å². The highest BCUT2D eigenvalue weighted by molar-refractivity contribution is 5.87. The molecule has 2 aromatic rings. The van der Waals surface area contributed by atoms with Crippen molar-refractivity contribution >= 4 is 11.9 Å². The van der Waals surface area contributed by atoms with E-state index < -0.39 is 5.97 Å². The molecular formula is C20H24N2O4. The van der Waals surface area contributed by atoms with E-state index in [0.717, 1.165) is 11.3 Å². The quantitative estimate of drug-likeness (QED) is 0.563. The average molecular weight is 356 g/mol. The van der Waals surface area contributed by atoms with E-state index in [1.807, 2.05) is 44.2 Å². The van der Waals surface area contributed by atoms with Crippen molar-refractivity contribution in [3.05, 3.63) is 65.5 Å². The van der Waals surface area contributed by atoms with Gasteiger partial charge in [0, 0.05) is 18.5 Å². The fourth-order valence-corrected chi connectivity index (χ4v) is 2.42. The van der Waals surface area contributed by atoms with Crippen LogP contribution in [0.1, 0.15) is 42.0 Å². The first-order chi connectivity index (χ1) is 12.3. The van der Waals surface area contributed by atoms with Gasteiger partial charge >= 0.3 is 11.9 Å². The van der Waals surface area contributed by atoms with Gasteiger partial charge in [0.1, 0.15) is 12.3 Å². The minimum Gasteiger partial charge on any atom is -0.464 e. The number of carbonyl (C=O) groups is 2. The van der Waals surface area contributed by atoms with Gasteiger partial charge in [-0.25, -0.2) is 9.59 Å². The highest BCUT2D eigenvalue weighted by Gasteiger charge is 2.25. The molecular weight excluding hydrogens is 332 g/mol. The lowest BCUT2D eigenvalue weighted by Gasteiger charge is -2.19. The highest BCUT2D eigenvalue weighted by atomic mass is 16.5. The fraction of sp³-hybridized carbons (Fsp3) is 0.350. The van der Waals surface area contributed by atoms with Crippen molar-refractivity contribution in [2.45, 2.75) is 32.3 Å². The van der Waals surface area contributed by atoms with E-state index in [1.165, 1.54) is 17.9 Å². The summed E-state index contributed by atoms with van der Waals surface area (Å²) in [6, 6.07) is 11.2. The number of esters is 2. The number of ether oxygens (including phenoxy) is 2. The zero-order valence-corrected chi connectivity index (χ0v) is 15.6. The number of aromatic nitrogens is 2. The molecule has 0 atom stereocenters. The first-order valence-corrected chi connectivity index (χ1v) is 8.33. The molecule has 2 rings (SSSR count). The van der Waals surface area contributed by atoms with E-state index in [9.17, 15) is 9.59 Å². The standard InChI is InChI=1S/C20H24N2O4/c1-20(2,17-13-16(19(24)25-4)22(3)21-17)12-8-11-18(23)26-14-15-9-6-5-7-10-15/h5-11,13H,12,14H2,1-4H3/b11-8+. The van der Waals surface area contributed by atoms with Gasteiger partial charge in [0.15, 0.2) is 0 Å². The monoisotopic (exact) mass is 356 g/mol. The van der Waals surface area contributed by atoms with Crippen LogP contribution in [0.5, 0.6) is 0 Å². The molecule has 0 bridgehead atoms. The van der Waals surface area contributed by atoms with Crippen molar-refractivity contribution in [2.24, 2.45) is 7.05 Å². The summed E-state index contributed by atoms with van der Waals surface area (Å²) in [6.07, 6.45) is 3.76. The number of rotatable bonds is 7. The Balaban J connectivity index is 1.93. The SMILES string of the molecule is COC(=O)c1cc(C(C)(C)C/C=C/C(=O)OCc2ccccc2)nn1C. The maximum absolute atomic E-state index is 11.8. The zero-order chi connectivity index (χ0) is 19.2. The second kappa shape index (κ2) is 8.47. The molecule has 6 heteroatoms. The smallest absolute Gasteiger partial charge is 0.356 e. The minimum absolute atomic E-state index is 0.246. The third-order valence-corrected chi connectivity index (χ3v) is 4.07. The largest absolute Gasteiger partial charge is 0.464 e. The molecule has 0 spiro atoms. The Labute approximate surface area is 153 Å². The molecule has 6 nitrogen and oxygen atoms in total. The number of benzene rings is 1. The van der Waals surface area contributed by atoms with Gasteiger partial charge in [-0.3, -0.25) is 4.68 Å². The third-order valence-electron chi connectivity index (χ3n) is 4.07. The van der Waals surface area contributed by atoms with Crippen LogP contribution in [-0.2, 0) is 33.3 Å². The van der Waals surface area contributed by atoms with Gasteiger partial charge in [-0.05, 0) is 18.1 Å². The van der Waals surface area contributed by atoms with Gasteiger partial charge in [-0.1, -0.05) is 50.3 Å². The maximum Gasteiger partial charge on any atom is 0.356 e. The van der Waals surface area contributed by atoms with Gasteiger partial charge in [-0.15, -0.1) is 0 Å². The second-order valence-corrected chi connectivity index (χ2v) is 6.61. The van der Waals surface area contributed by atoms with E-state index in [0.29, 0.717) is 12.1 Å². The zero-order valence-electron chi connectivity index (χ0n) is 15.6. The molecule has 0 N–H and O–H groups in total. The Kier molecular flexibility index (Phi) is 6.33. The molecule has 0 saturated carbocycles. The lowest BCUT2D eigenvalue weighted by atomic mass is 9.85. The van der Waals surface area contributed by atoms with Crippen LogP contribution >= 0.6 is 0 Å². The number of methoxy groups -OCH3 is 1. The summed E-state index contributed by atoms with van der Waals surface area (Å²) in [6.45, 7) is 4.24. The van der Waals surface area contributed by atoms with Crippen LogP contribution in [0.15, 0.2) is 48.6 Å². The third kappa shape index (κ3) is 5.05. The van der Waals surface area contributed by atoms with Gasteiger partial charge in [0.2, 0.25) is 0 Å². The van der Waals surface area contributed by atoms with Crippen molar-refractivity contribution in [1.82, 2.24) is 9.78 Å². The number of nitrogens with zero attached hydrogens (tertiary/aromatic N) is 2. The number of carbonyl (C=O) groups excluding carboxylic acids is 2. The first-order valence-electron chi connectivity index (χ1n) is 8.33. The Bertz CT molecular complexity index is 791. The van der Waals surface area contributed by atoms with Gasteiger partial charge in [0.05, 0.1) is 12.8 Å². The molecule has 1 aromatic carbocycles. The van der Waals surface area contributed by atoms with Crippen LogP contribution in [0.3, 0.4) is 0 Å². The van der Waals surface area contributed by atoms with Gasteiger partial charge in [0.25, 0.3) is 0 Å². The summed E-state index contributed by atoms with van der Waals surface area (Å²) in [5.74, 6) is -0.817. The Hall–Kier alpha value is -2.89. The van der Waals surface area contributed by atoms with Crippen LogP contribution in [0.4, 0.5) is 0 Å². The lowest BCUT2D eigenvalue weighted by molar-refractivity contribution is -0.139. The summed E-state index contributed by atoms with van der Waals surface area (Å²) >= 11 is 0. The molecule has 0 fully saturated rings. The second-order valence-electron chi connectivity index (χ2n) is 6.61. The van der Waals surface area contributed by atoms with Crippen LogP contribution in [-0.4, -0.2) is 28.8 Å². The summed E-state index contributed by atoms with van der Waals surface area (Å²) in [7, 11) is 3.03. The number of allylic oxidation sites excluding steroid dienone is 1. The normalized spacial score (nSPS) is 11.5. The van der Waals surface area contributed by atoms with E-state index >= 15 is 0 Å². The Morgan fingerprint density at radius 3 is 2.58 bits per heavy atom. The number of aryl methyl sites for hydroxylation is 1. The molecule has 138 valence electrons. The maximum atomic E-state index is 11.8. The topological polar surface area (TPSA) is 70.4 Å². The predicted octanol–water partition coefficient (Wildman–Crippen LogP) is 3.17. The molecule has 0 unspecified atom stereocenters. The molecule has 1 heterocycles. The number of hydrogen-bond acceptors (Lipinski definition) is 5. The Morgan fingerprint density at radius 1 is 1.23 bits per heavy atom. The summed E-state index contributed by atoms with van der Waals surface area (Å²) < 4.78 is 11.5. The minimum atomic E-state index is -0.429. The lowest BCUT2D eigenvalue weighted by Crippen LogP contribution is -2.17. The van der Waals surface area contributed by atoms with Crippen LogP contribution < -0.4 is 0 Å². The molecule has 0 amide bonds. The summed E-state index contributed by atoms with van der Waals surface area (Å²) in [5.41, 5.74) is 1.74. The van der Waals surface area contributed by atoms with Crippen molar-refractivity contribution in [3.63, 3.8) is 0 Å². The number of hydrogen-bond donors (Lipinski definition) is 0. The molecule has 0 aliphatic rings. The molecule has 26 heavy (non-hydrogen) atoms. The van der Waals surface area contributed by atoms with E-state index in [1.54, 1.807) is 19.2 Å². The van der Waals surface area contributed by atoms with Crippen molar-refractivity contribution in [2.75, 3.05) is 7.11 Å². The summed E-state index contributed by atoms with van der Waals surface area (Å²) in [4.78, 5) is 23.5. The fourth-order valence-electron chi connectivity index (χ4n) is 2.42. The van der Waals surface area contributed by atoms with Crippen LogP contribution in [0, 0.1) is 0 Å². The Morgan fingerprint density at radius 2 is 1.92 bits per heavy atom. The predicted molar refractivity (Wildman–Crippen MR) is 97.6 cm³/mol. The highest BCUT2D eigenvalue weighted by Crippen LogP contribution is 2.27. The molecule has 0 aliphatic heterocycles.